The Labute approximate surface area is 199 Å². The van der Waals surface area contributed by atoms with Gasteiger partial charge in [-0.2, -0.15) is 0 Å². The van der Waals surface area contributed by atoms with E-state index in [1.807, 2.05) is 12.1 Å². The third-order valence-electron chi connectivity index (χ3n) is 6.26. The number of benzene rings is 2. The number of hydrogen-bond acceptors (Lipinski definition) is 5. The van der Waals surface area contributed by atoms with Gasteiger partial charge in [-0.05, 0) is 68.0 Å². The third kappa shape index (κ3) is 6.27. The van der Waals surface area contributed by atoms with Crippen molar-refractivity contribution in [2.75, 3.05) is 13.7 Å². The molecule has 0 spiro atoms. The molecule has 1 aliphatic rings. The van der Waals surface area contributed by atoms with E-state index in [1.54, 1.807) is 48.4 Å². The summed E-state index contributed by atoms with van der Waals surface area (Å²) in [5.74, 6) is -0.825. The number of amides is 2. The van der Waals surface area contributed by atoms with Gasteiger partial charge in [-0.3, -0.25) is 9.59 Å². The van der Waals surface area contributed by atoms with Gasteiger partial charge in [0.2, 0.25) is 11.8 Å². The summed E-state index contributed by atoms with van der Waals surface area (Å²) in [5, 5.41) is 21.9. The van der Waals surface area contributed by atoms with E-state index in [-0.39, 0.29) is 18.1 Å². The van der Waals surface area contributed by atoms with E-state index in [0.29, 0.717) is 44.4 Å². The number of carboxylic acid groups (broad SMARTS) is 1. The minimum Gasteiger partial charge on any atom is -0.508 e. The second-order valence-corrected chi connectivity index (χ2v) is 8.92. The number of methoxy groups -OCH3 is 1. The lowest BCUT2D eigenvalue weighted by Crippen LogP contribution is -2.58. The number of ether oxygens (including phenoxy) is 1. The molecule has 2 atom stereocenters. The molecule has 0 aliphatic carbocycles. The molecule has 1 saturated heterocycles. The maximum atomic E-state index is 13.1. The van der Waals surface area contributed by atoms with Crippen LogP contribution < -0.4 is 10.1 Å². The number of aliphatic carboxylic acids is 1. The van der Waals surface area contributed by atoms with Crippen molar-refractivity contribution in [2.24, 2.45) is 0 Å². The van der Waals surface area contributed by atoms with Gasteiger partial charge in [0.05, 0.1) is 7.11 Å². The van der Waals surface area contributed by atoms with Crippen molar-refractivity contribution in [2.45, 2.75) is 57.0 Å². The van der Waals surface area contributed by atoms with Crippen molar-refractivity contribution in [1.82, 2.24) is 10.2 Å². The highest BCUT2D eigenvalue weighted by atomic mass is 16.5. The van der Waals surface area contributed by atoms with Crippen LogP contribution in [0.2, 0.25) is 0 Å². The first-order valence-corrected chi connectivity index (χ1v) is 11.5. The van der Waals surface area contributed by atoms with Gasteiger partial charge in [-0.1, -0.05) is 24.3 Å². The molecular weight excluding hydrogens is 436 g/mol. The summed E-state index contributed by atoms with van der Waals surface area (Å²) in [7, 11) is 1.55. The van der Waals surface area contributed by atoms with Crippen LogP contribution in [0.1, 0.15) is 43.7 Å². The molecule has 0 bridgehead atoms. The van der Waals surface area contributed by atoms with Gasteiger partial charge in [0, 0.05) is 19.4 Å². The summed E-state index contributed by atoms with van der Waals surface area (Å²) in [4.78, 5) is 39.6. The van der Waals surface area contributed by atoms with Crippen LogP contribution in [0.5, 0.6) is 11.5 Å². The van der Waals surface area contributed by atoms with E-state index in [9.17, 15) is 24.6 Å². The van der Waals surface area contributed by atoms with Crippen LogP contribution in [0.3, 0.4) is 0 Å². The summed E-state index contributed by atoms with van der Waals surface area (Å²) in [6, 6.07) is 13.2. The predicted molar refractivity (Wildman–Crippen MR) is 127 cm³/mol. The van der Waals surface area contributed by atoms with Crippen LogP contribution in [0.4, 0.5) is 0 Å². The smallest absolute Gasteiger partial charge is 0.329 e. The molecular formula is C26H32N2O6. The van der Waals surface area contributed by atoms with E-state index in [0.717, 1.165) is 11.1 Å². The second kappa shape index (κ2) is 11.0. The number of aromatic hydroxyl groups is 1. The fourth-order valence-electron chi connectivity index (χ4n) is 4.27. The molecule has 2 aromatic carbocycles. The average molecular weight is 469 g/mol. The number of rotatable bonds is 10. The van der Waals surface area contributed by atoms with Crippen molar-refractivity contribution >= 4 is 17.8 Å². The van der Waals surface area contributed by atoms with E-state index >= 15 is 0 Å². The van der Waals surface area contributed by atoms with Crippen molar-refractivity contribution in [3.05, 3.63) is 59.7 Å². The van der Waals surface area contributed by atoms with E-state index in [1.165, 1.54) is 6.92 Å². The van der Waals surface area contributed by atoms with Crippen LogP contribution in [-0.2, 0) is 27.2 Å². The topological polar surface area (TPSA) is 116 Å². The van der Waals surface area contributed by atoms with Crippen LogP contribution in [-0.4, -0.2) is 58.1 Å². The van der Waals surface area contributed by atoms with Gasteiger partial charge in [0.15, 0.2) is 0 Å². The van der Waals surface area contributed by atoms with Gasteiger partial charge < -0.3 is 25.2 Å². The van der Waals surface area contributed by atoms with Crippen LogP contribution >= 0.6 is 0 Å². The molecule has 2 amide bonds. The largest absolute Gasteiger partial charge is 0.508 e. The highest BCUT2D eigenvalue weighted by Gasteiger charge is 2.40. The van der Waals surface area contributed by atoms with Gasteiger partial charge in [0.1, 0.15) is 23.1 Å². The standard InChI is InChI=1S/C26H32N2O6/c1-26(25(32)33,17-19-10-14-21(34-2)15-11-19)27-24(31)22-6-4-16-28(22)23(30)7-3-5-18-8-12-20(29)13-9-18/h8-15,22,29H,3-7,16-17H2,1-2H3,(H,27,31)(H,32,33)/t22-,26-/m0/s1. The second-order valence-electron chi connectivity index (χ2n) is 8.92. The lowest BCUT2D eigenvalue weighted by Gasteiger charge is -2.31. The zero-order chi connectivity index (χ0) is 24.7. The number of carbonyl (C=O) groups excluding carboxylic acids is 2. The molecule has 2 aromatic rings. The van der Waals surface area contributed by atoms with Gasteiger partial charge in [0.25, 0.3) is 0 Å². The van der Waals surface area contributed by atoms with E-state index < -0.39 is 23.5 Å². The Morgan fingerprint density at radius 1 is 1.09 bits per heavy atom. The maximum Gasteiger partial charge on any atom is 0.329 e. The number of nitrogens with one attached hydrogen (secondary N) is 1. The number of phenols is 1. The van der Waals surface area contributed by atoms with Crippen LogP contribution in [0.15, 0.2) is 48.5 Å². The number of carboxylic acids is 1. The fourth-order valence-corrected chi connectivity index (χ4v) is 4.27. The average Bonchev–Trinajstić information content (AvgIpc) is 3.31. The minimum absolute atomic E-state index is 0.103. The number of hydrogen-bond donors (Lipinski definition) is 3. The number of likely N-dealkylation sites (tertiary alicyclic amines) is 1. The zero-order valence-corrected chi connectivity index (χ0v) is 19.6. The Balaban J connectivity index is 1.59. The fraction of sp³-hybridized carbons (Fsp3) is 0.423. The normalized spacial score (nSPS) is 17.1. The first-order chi connectivity index (χ1) is 16.2. The summed E-state index contributed by atoms with van der Waals surface area (Å²) in [5.41, 5.74) is 0.263. The molecule has 182 valence electrons. The van der Waals surface area contributed by atoms with Gasteiger partial charge in [-0.15, -0.1) is 0 Å². The Hall–Kier alpha value is -3.55. The summed E-state index contributed by atoms with van der Waals surface area (Å²) in [6.07, 6.45) is 2.92. The molecule has 0 radical (unpaired) electrons. The number of carbonyl (C=O) groups is 3. The molecule has 3 rings (SSSR count). The van der Waals surface area contributed by atoms with Crippen molar-refractivity contribution in [3.8, 4) is 11.5 Å². The first-order valence-electron chi connectivity index (χ1n) is 11.5. The Morgan fingerprint density at radius 3 is 2.35 bits per heavy atom. The number of phenolic OH excluding ortho intramolecular Hbond substituents is 1. The molecule has 1 heterocycles. The SMILES string of the molecule is COc1ccc(C[C@](C)(NC(=O)[C@@H]2CCCN2C(=O)CCCc2ccc(O)cc2)C(=O)O)cc1. The van der Waals surface area contributed by atoms with Crippen LogP contribution in [0.25, 0.3) is 0 Å². The van der Waals surface area contributed by atoms with Crippen LogP contribution in [0, 0.1) is 0 Å². The molecule has 1 fully saturated rings. The maximum absolute atomic E-state index is 13.1. The molecule has 8 heteroatoms. The molecule has 0 aromatic heterocycles. The first kappa shape index (κ1) is 25.1. The molecule has 1 aliphatic heterocycles. The Bertz CT molecular complexity index is 1000. The Kier molecular flexibility index (Phi) is 8.15. The Morgan fingerprint density at radius 2 is 1.74 bits per heavy atom. The highest BCUT2D eigenvalue weighted by molar-refractivity contribution is 5.92. The molecule has 8 nitrogen and oxygen atoms in total. The predicted octanol–water partition coefficient (Wildman–Crippen LogP) is 2.92. The van der Waals surface area contributed by atoms with Crippen molar-refractivity contribution < 1.29 is 29.3 Å². The zero-order valence-electron chi connectivity index (χ0n) is 19.6. The van der Waals surface area contributed by atoms with Crippen molar-refractivity contribution in [1.29, 1.82) is 0 Å². The molecule has 3 N–H and O–H groups in total. The number of aryl methyl sites for hydroxylation is 1. The van der Waals surface area contributed by atoms with E-state index in [2.05, 4.69) is 5.32 Å². The lowest BCUT2D eigenvalue weighted by molar-refractivity contribution is -0.148. The quantitative estimate of drug-likeness (QED) is 0.494. The minimum atomic E-state index is -1.51. The lowest BCUT2D eigenvalue weighted by atomic mass is 9.92. The van der Waals surface area contributed by atoms with E-state index in [4.69, 9.17) is 4.74 Å². The van der Waals surface area contributed by atoms with Gasteiger partial charge in [-0.25, -0.2) is 4.79 Å². The summed E-state index contributed by atoms with van der Waals surface area (Å²) >= 11 is 0. The highest BCUT2D eigenvalue weighted by Crippen LogP contribution is 2.23. The van der Waals surface area contributed by atoms with Gasteiger partial charge >= 0.3 is 5.97 Å². The number of nitrogens with zero attached hydrogens (tertiary/aromatic N) is 1. The molecule has 34 heavy (non-hydrogen) atoms. The third-order valence-corrected chi connectivity index (χ3v) is 6.26. The monoisotopic (exact) mass is 468 g/mol. The summed E-state index contributed by atoms with van der Waals surface area (Å²) in [6.45, 7) is 1.97. The molecule has 0 saturated carbocycles. The summed E-state index contributed by atoms with van der Waals surface area (Å²) < 4.78 is 5.14. The molecule has 0 unspecified atom stereocenters. The van der Waals surface area contributed by atoms with Crippen molar-refractivity contribution in [3.63, 3.8) is 0 Å².